The lowest BCUT2D eigenvalue weighted by Gasteiger charge is -2.09. The van der Waals surface area contributed by atoms with Crippen LogP contribution in [0.15, 0.2) is 30.3 Å². The third kappa shape index (κ3) is 2.51. The number of carboxylic acid groups (broad SMARTS) is 1. The molecule has 5 heteroatoms. The van der Waals surface area contributed by atoms with Crippen LogP contribution in [0.25, 0.3) is 11.3 Å². The van der Waals surface area contributed by atoms with Gasteiger partial charge in [0.1, 0.15) is 0 Å². The normalized spacial score (nSPS) is 14.3. The summed E-state index contributed by atoms with van der Waals surface area (Å²) in [5, 5.41) is 10.3. The van der Waals surface area contributed by atoms with Crippen molar-refractivity contribution < 1.29 is 9.90 Å². The van der Waals surface area contributed by atoms with Crippen LogP contribution in [-0.4, -0.2) is 16.1 Å². The van der Waals surface area contributed by atoms with Crippen LogP contribution in [0.2, 0.25) is 10.0 Å². The molecular formula is C15H11Cl2NO2. The lowest BCUT2D eigenvalue weighted by Crippen LogP contribution is -2.04. The Kier molecular flexibility index (Phi) is 3.40. The van der Waals surface area contributed by atoms with Gasteiger partial charge in [0.25, 0.3) is 0 Å². The highest BCUT2D eigenvalue weighted by Gasteiger charge is 2.30. The van der Waals surface area contributed by atoms with Gasteiger partial charge in [0, 0.05) is 16.5 Å². The molecule has 0 spiro atoms. The second-order valence-electron chi connectivity index (χ2n) is 4.83. The summed E-state index contributed by atoms with van der Waals surface area (Å²) in [6.07, 6.45) is 1.97. The van der Waals surface area contributed by atoms with Gasteiger partial charge >= 0.3 is 5.97 Å². The average molecular weight is 308 g/mol. The molecule has 0 unspecified atom stereocenters. The molecule has 1 fully saturated rings. The highest BCUT2D eigenvalue weighted by molar-refractivity contribution is 6.35. The van der Waals surface area contributed by atoms with Crippen LogP contribution in [0.1, 0.15) is 34.8 Å². The summed E-state index contributed by atoms with van der Waals surface area (Å²) in [4.78, 5) is 15.7. The molecule has 20 heavy (non-hydrogen) atoms. The second kappa shape index (κ2) is 5.08. The predicted octanol–water partition coefficient (Wildman–Crippen LogP) is 4.63. The lowest BCUT2D eigenvalue weighted by molar-refractivity contribution is 0.0695. The van der Waals surface area contributed by atoms with Crippen LogP contribution >= 0.6 is 23.2 Å². The van der Waals surface area contributed by atoms with Gasteiger partial charge in [-0.2, -0.15) is 0 Å². The molecule has 1 N–H and O–H groups in total. The van der Waals surface area contributed by atoms with Crippen LogP contribution in [-0.2, 0) is 0 Å². The minimum atomic E-state index is -0.942. The monoisotopic (exact) mass is 307 g/mol. The second-order valence-corrected chi connectivity index (χ2v) is 5.68. The Bertz CT molecular complexity index is 696. The summed E-state index contributed by atoms with van der Waals surface area (Å²) in [5.41, 5.74) is 2.29. The summed E-state index contributed by atoms with van der Waals surface area (Å²) < 4.78 is 0. The third-order valence-corrected chi connectivity index (χ3v) is 3.89. The molecule has 102 valence electrons. The number of rotatable bonds is 3. The third-order valence-electron chi connectivity index (χ3n) is 3.32. The van der Waals surface area contributed by atoms with Crippen LogP contribution in [0.5, 0.6) is 0 Å². The number of halogens is 2. The van der Waals surface area contributed by atoms with Gasteiger partial charge < -0.3 is 5.11 Å². The molecule has 0 atom stereocenters. The molecule has 1 aromatic carbocycles. The van der Waals surface area contributed by atoms with Crippen molar-refractivity contribution in [3.8, 4) is 11.3 Å². The molecule has 1 aliphatic carbocycles. The maximum Gasteiger partial charge on any atom is 0.337 e. The fourth-order valence-electron chi connectivity index (χ4n) is 2.17. The molecule has 3 nitrogen and oxygen atoms in total. The van der Waals surface area contributed by atoms with E-state index in [1.54, 1.807) is 30.3 Å². The van der Waals surface area contributed by atoms with E-state index in [4.69, 9.17) is 23.2 Å². The Morgan fingerprint density at radius 2 is 1.95 bits per heavy atom. The lowest BCUT2D eigenvalue weighted by atomic mass is 10.1. The number of benzene rings is 1. The summed E-state index contributed by atoms with van der Waals surface area (Å²) >= 11 is 12.1. The summed E-state index contributed by atoms with van der Waals surface area (Å²) in [5.74, 6) is -0.692. The van der Waals surface area contributed by atoms with Gasteiger partial charge in [-0.15, -0.1) is 0 Å². The van der Waals surface area contributed by atoms with E-state index in [0.29, 0.717) is 21.4 Å². The fourth-order valence-corrected chi connectivity index (χ4v) is 2.55. The maximum atomic E-state index is 11.2. The van der Waals surface area contributed by atoms with Gasteiger partial charge in [0.05, 0.1) is 22.0 Å². The molecule has 2 aromatic rings. The smallest absolute Gasteiger partial charge is 0.337 e. The highest BCUT2D eigenvalue weighted by atomic mass is 35.5. The number of pyridine rings is 1. The van der Waals surface area contributed by atoms with Gasteiger partial charge in [-0.3, -0.25) is 4.98 Å². The van der Waals surface area contributed by atoms with Crippen molar-refractivity contribution in [2.45, 2.75) is 18.8 Å². The minimum absolute atomic E-state index is 0.249. The first-order valence-corrected chi connectivity index (χ1v) is 7.01. The van der Waals surface area contributed by atoms with Crippen molar-refractivity contribution >= 4 is 29.2 Å². The van der Waals surface area contributed by atoms with E-state index in [0.717, 1.165) is 18.4 Å². The highest BCUT2D eigenvalue weighted by Crippen LogP contribution is 2.42. The van der Waals surface area contributed by atoms with Crippen LogP contribution in [0.3, 0.4) is 0 Å². The zero-order chi connectivity index (χ0) is 14.3. The van der Waals surface area contributed by atoms with E-state index in [-0.39, 0.29) is 11.5 Å². The van der Waals surface area contributed by atoms with Crippen molar-refractivity contribution in [1.82, 2.24) is 4.98 Å². The zero-order valence-corrected chi connectivity index (χ0v) is 11.9. The first-order valence-electron chi connectivity index (χ1n) is 6.26. The molecular weight excluding hydrogens is 297 g/mol. The van der Waals surface area contributed by atoms with Crippen LogP contribution in [0.4, 0.5) is 0 Å². The number of carboxylic acids is 1. The van der Waals surface area contributed by atoms with Crippen molar-refractivity contribution in [3.05, 3.63) is 51.6 Å². The number of hydrogen-bond acceptors (Lipinski definition) is 2. The van der Waals surface area contributed by atoms with E-state index in [1.807, 2.05) is 0 Å². The quantitative estimate of drug-likeness (QED) is 0.899. The molecule has 1 aliphatic rings. The van der Waals surface area contributed by atoms with E-state index in [2.05, 4.69) is 4.98 Å². The Morgan fingerprint density at radius 3 is 2.60 bits per heavy atom. The summed E-state index contributed by atoms with van der Waals surface area (Å²) in [6.45, 7) is 0. The van der Waals surface area contributed by atoms with Crippen LogP contribution < -0.4 is 0 Å². The SMILES string of the molecule is O=C(O)c1ccc(-c2cc(Cl)ccc2Cl)nc1C1CC1. The van der Waals surface area contributed by atoms with Crippen molar-refractivity contribution in [3.63, 3.8) is 0 Å². The summed E-state index contributed by atoms with van der Waals surface area (Å²) in [7, 11) is 0. The predicted molar refractivity (Wildman–Crippen MR) is 78.6 cm³/mol. The first-order chi connectivity index (χ1) is 9.56. The number of aromatic carboxylic acids is 1. The van der Waals surface area contributed by atoms with E-state index in [9.17, 15) is 9.90 Å². The fraction of sp³-hybridized carbons (Fsp3) is 0.200. The molecule has 0 bridgehead atoms. The Hall–Kier alpha value is -1.58. The molecule has 1 saturated carbocycles. The van der Waals surface area contributed by atoms with Gasteiger partial charge in [0.2, 0.25) is 0 Å². The van der Waals surface area contributed by atoms with E-state index >= 15 is 0 Å². The topological polar surface area (TPSA) is 50.2 Å². The van der Waals surface area contributed by atoms with Crippen LogP contribution in [0, 0.1) is 0 Å². The molecule has 0 amide bonds. The zero-order valence-electron chi connectivity index (χ0n) is 10.4. The van der Waals surface area contributed by atoms with Gasteiger partial charge in [-0.1, -0.05) is 23.2 Å². The standard InChI is InChI=1S/C15H11Cl2NO2/c16-9-3-5-12(17)11(7-9)13-6-4-10(15(19)20)14(18-13)8-1-2-8/h3-8H,1-2H2,(H,19,20). The Balaban J connectivity index is 2.13. The van der Waals surface area contributed by atoms with Crippen molar-refractivity contribution in [1.29, 1.82) is 0 Å². The number of aromatic nitrogens is 1. The Morgan fingerprint density at radius 1 is 1.20 bits per heavy atom. The molecule has 3 rings (SSSR count). The molecule has 1 heterocycles. The minimum Gasteiger partial charge on any atom is -0.478 e. The van der Waals surface area contributed by atoms with Crippen molar-refractivity contribution in [2.75, 3.05) is 0 Å². The molecule has 0 radical (unpaired) electrons. The summed E-state index contributed by atoms with van der Waals surface area (Å²) in [6, 6.07) is 8.43. The molecule has 1 aromatic heterocycles. The number of hydrogen-bond donors (Lipinski definition) is 1. The first kappa shape index (κ1) is 13.4. The van der Waals surface area contributed by atoms with Gasteiger partial charge in [-0.05, 0) is 43.2 Å². The van der Waals surface area contributed by atoms with Gasteiger partial charge in [-0.25, -0.2) is 4.79 Å². The van der Waals surface area contributed by atoms with E-state index in [1.165, 1.54) is 0 Å². The maximum absolute atomic E-state index is 11.2. The largest absolute Gasteiger partial charge is 0.478 e. The van der Waals surface area contributed by atoms with E-state index < -0.39 is 5.97 Å². The molecule has 0 saturated heterocycles. The average Bonchev–Trinajstić information content (AvgIpc) is 3.25. The number of carbonyl (C=O) groups is 1. The van der Waals surface area contributed by atoms with Crippen molar-refractivity contribution in [2.24, 2.45) is 0 Å². The van der Waals surface area contributed by atoms with Gasteiger partial charge in [0.15, 0.2) is 0 Å². The number of nitrogens with zero attached hydrogens (tertiary/aromatic N) is 1. The Labute approximate surface area is 126 Å². The molecule has 0 aliphatic heterocycles.